The molecule has 0 saturated carbocycles. The van der Waals surface area contributed by atoms with E-state index in [4.69, 9.17) is 70.9 Å². The van der Waals surface area contributed by atoms with Crippen molar-refractivity contribution >= 4 is 0 Å². The average Bonchev–Trinajstić information content (AvgIpc) is 3.13. The van der Waals surface area contributed by atoms with Gasteiger partial charge in [-0.15, -0.1) is 32.0 Å². The van der Waals surface area contributed by atoms with Gasteiger partial charge in [-0.2, -0.15) is 0 Å². The molecule has 0 aromatic rings. The SMILES string of the molecule is CCC[NH+](CCC)CCCO.CCC[NH+](CCC)CCCO.CC[N+](C)(C)CC.CC[N+](C)(C)CC.O=N[O-].O=N[O-].O=N[O-].O=N[O-].O=N[O-].O=N[O-].[Co+2]. The van der Waals surface area contributed by atoms with Crippen LogP contribution in [0.4, 0.5) is 0 Å². The number of nitrogens with zero attached hydrogens (tertiary/aromatic N) is 8. The standard InChI is InChI=1S/2C9H21NO.2C6H16N.Co.6HNO2/c2*1-3-6-10(7-4-2)8-5-9-11;2*1-5-7(3,4)6-2;;6*2-1-3/h2*11H,3-9H2,1-2H3;2*5-6H2,1-4H3;;6*(H,2,3)/q;;2*+1;+2;;;;;;/p-4. The third-order valence-electron chi connectivity index (χ3n) is 7.22. The zero-order chi connectivity index (χ0) is 45.1. The van der Waals surface area contributed by atoms with Gasteiger partial charge in [0.05, 0.1) is 93.6 Å². The first-order chi connectivity index (χ1) is 25.4. The van der Waals surface area contributed by atoms with Crippen LogP contribution in [0.5, 0.6) is 0 Å². The fraction of sp³-hybridized carbons (Fsp3) is 1.00. The molecule has 0 aromatic carbocycles. The van der Waals surface area contributed by atoms with Crippen molar-refractivity contribution in [3.63, 3.8) is 0 Å². The van der Waals surface area contributed by atoms with Crippen LogP contribution in [0.15, 0.2) is 32.0 Å². The number of quaternary nitrogens is 4. The van der Waals surface area contributed by atoms with Gasteiger partial charge in [-0.1, -0.05) is 27.7 Å². The number of rotatable bonds is 18. The quantitative estimate of drug-likeness (QED) is 0.0864. The van der Waals surface area contributed by atoms with Crippen molar-refractivity contribution < 1.29 is 45.8 Å². The second-order valence-electron chi connectivity index (χ2n) is 11.7. The third kappa shape index (κ3) is 146. The van der Waals surface area contributed by atoms with Crippen LogP contribution in [0.25, 0.3) is 0 Å². The average molecular weight is 860 g/mol. The topological polar surface area (TPSA) is 364 Å². The molecule has 0 aliphatic rings. The Morgan fingerprint density at radius 1 is 0.400 bits per heavy atom. The zero-order valence-electron chi connectivity index (χ0n) is 35.4. The van der Waals surface area contributed by atoms with Crippen molar-refractivity contribution in [3.05, 3.63) is 60.7 Å². The van der Waals surface area contributed by atoms with E-state index in [9.17, 15) is 0 Å². The van der Waals surface area contributed by atoms with Crippen LogP contribution in [0.3, 0.4) is 0 Å². The molecule has 0 fully saturated rings. The summed E-state index contributed by atoms with van der Waals surface area (Å²) >= 11 is 0. The van der Waals surface area contributed by atoms with Crippen LogP contribution < -0.4 is 9.80 Å². The summed E-state index contributed by atoms with van der Waals surface area (Å²) < 4.78 is 2.28. The number of aliphatic hydroxyl groups excluding tert-OH is 2. The van der Waals surface area contributed by atoms with E-state index in [1.165, 1.54) is 78.0 Å². The minimum atomic E-state index is 0. The Hall–Kier alpha value is -3.33. The van der Waals surface area contributed by atoms with Gasteiger partial charge in [0.15, 0.2) is 0 Å². The molecule has 0 rings (SSSR count). The van der Waals surface area contributed by atoms with Gasteiger partial charge in [-0.25, -0.2) is 0 Å². The molecule has 0 spiro atoms. The first-order valence-electron chi connectivity index (χ1n) is 17.7. The van der Waals surface area contributed by atoms with Crippen molar-refractivity contribution in [1.29, 1.82) is 0 Å². The van der Waals surface area contributed by atoms with Crippen molar-refractivity contribution in [2.75, 3.05) is 107 Å². The normalized spacial score (nSPS) is 8.73. The molecule has 339 valence electrons. The van der Waals surface area contributed by atoms with Crippen molar-refractivity contribution in [1.82, 2.24) is 0 Å². The minimum absolute atomic E-state index is 0. The fourth-order valence-electron chi connectivity index (χ4n) is 3.27. The van der Waals surface area contributed by atoms with E-state index in [1.807, 2.05) is 0 Å². The summed E-state index contributed by atoms with van der Waals surface area (Å²) in [5.74, 6) is 0. The summed E-state index contributed by atoms with van der Waals surface area (Å²) in [6, 6.07) is 0. The molecule has 0 amide bonds. The second-order valence-corrected chi connectivity index (χ2v) is 11.7. The van der Waals surface area contributed by atoms with Gasteiger partial charge in [0.2, 0.25) is 0 Å². The van der Waals surface area contributed by atoms with Crippen LogP contribution in [-0.4, -0.2) is 126 Å². The van der Waals surface area contributed by atoms with Crippen LogP contribution in [0.2, 0.25) is 0 Å². The molecule has 25 heteroatoms. The third-order valence-corrected chi connectivity index (χ3v) is 7.22. The Morgan fingerprint density at radius 3 is 0.618 bits per heavy atom. The zero-order valence-corrected chi connectivity index (χ0v) is 36.5. The maximum absolute atomic E-state index is 8.64. The predicted octanol–water partition coefficient (Wildman–Crippen LogP) is 3.85. The predicted molar refractivity (Wildman–Crippen MR) is 217 cm³/mol. The van der Waals surface area contributed by atoms with Crippen LogP contribution >= 0.6 is 0 Å². The minimum Gasteiger partial charge on any atom is -0.444 e. The molecule has 24 nitrogen and oxygen atoms in total. The molecule has 0 bridgehead atoms. The van der Waals surface area contributed by atoms with Crippen molar-refractivity contribution in [3.8, 4) is 0 Å². The summed E-state index contributed by atoms with van der Waals surface area (Å²) in [5, 5.41) is 71.3. The van der Waals surface area contributed by atoms with Gasteiger partial charge in [0.25, 0.3) is 0 Å². The summed E-state index contributed by atoms with van der Waals surface area (Å²) in [6.07, 6.45) is 6.91. The molecule has 4 N–H and O–H groups in total. The number of aliphatic hydroxyl groups is 2. The number of hydrogen-bond acceptors (Lipinski definition) is 20. The number of hydrogen-bond donors (Lipinski definition) is 4. The Morgan fingerprint density at radius 2 is 0.545 bits per heavy atom. The van der Waals surface area contributed by atoms with E-state index in [1.54, 1.807) is 9.80 Å². The Balaban J connectivity index is -0.0000000457. The van der Waals surface area contributed by atoms with E-state index >= 15 is 0 Å². The molecule has 55 heavy (non-hydrogen) atoms. The molecule has 0 aromatic heterocycles. The maximum atomic E-state index is 8.64. The Labute approximate surface area is 338 Å². The fourth-order valence-corrected chi connectivity index (χ4v) is 3.27. The monoisotopic (exact) mass is 859 g/mol. The molecule has 0 heterocycles. The number of nitrogens with one attached hydrogen (secondary N) is 2. The molecule has 0 saturated heterocycles. The largest absolute Gasteiger partial charge is 2.00 e. The molecule has 0 aliphatic heterocycles. The summed E-state index contributed by atoms with van der Waals surface area (Å²) in [6.45, 7) is 30.6. The van der Waals surface area contributed by atoms with Crippen LogP contribution in [-0.2, 0) is 16.8 Å². The molecular formula is C30H76CoN10O14. The van der Waals surface area contributed by atoms with Gasteiger partial charge >= 0.3 is 16.8 Å². The molecular weight excluding hydrogens is 783 g/mol. The van der Waals surface area contributed by atoms with E-state index in [0.29, 0.717) is 13.2 Å². The van der Waals surface area contributed by atoms with Gasteiger partial charge in [0, 0.05) is 26.1 Å². The Kier molecular flexibility index (Phi) is 122. The molecule has 1 radical (unpaired) electrons. The van der Waals surface area contributed by atoms with Gasteiger partial charge in [0.1, 0.15) is 0 Å². The molecule has 0 atom stereocenters. The Bertz CT molecular complexity index is 579. The van der Waals surface area contributed by atoms with E-state index in [2.05, 4.69) is 83.6 Å². The first kappa shape index (κ1) is 80.2. The maximum Gasteiger partial charge on any atom is 2.00 e. The summed E-state index contributed by atoms with van der Waals surface area (Å²) in [4.78, 5) is 51.3. The summed E-state index contributed by atoms with van der Waals surface area (Å²) in [7, 11) is 8.94. The second kappa shape index (κ2) is 83.6. The summed E-state index contributed by atoms with van der Waals surface area (Å²) in [5.41, 5.74) is 0. The van der Waals surface area contributed by atoms with E-state index in [0.717, 1.165) is 66.9 Å². The van der Waals surface area contributed by atoms with Crippen LogP contribution in [0, 0.1) is 60.7 Å². The van der Waals surface area contributed by atoms with Gasteiger partial charge in [-0.3, -0.25) is 0 Å². The van der Waals surface area contributed by atoms with E-state index < -0.39 is 0 Å². The first-order valence-corrected chi connectivity index (χ1v) is 17.7. The van der Waals surface area contributed by atoms with Crippen molar-refractivity contribution in [2.45, 2.75) is 93.9 Å². The smallest absolute Gasteiger partial charge is 0.444 e. The van der Waals surface area contributed by atoms with Crippen LogP contribution in [0.1, 0.15) is 93.9 Å². The van der Waals surface area contributed by atoms with Gasteiger partial charge < -0.3 is 89.7 Å². The van der Waals surface area contributed by atoms with Gasteiger partial charge in [-0.05, 0) is 53.4 Å². The molecule has 0 aliphatic carbocycles. The van der Waals surface area contributed by atoms with E-state index in [-0.39, 0.29) is 16.8 Å². The van der Waals surface area contributed by atoms with Crippen molar-refractivity contribution in [2.24, 2.45) is 32.0 Å². The molecule has 0 unspecified atom stereocenters.